The van der Waals surface area contributed by atoms with Crippen molar-refractivity contribution in [2.24, 2.45) is 0 Å². The van der Waals surface area contributed by atoms with Crippen LogP contribution in [-0.2, 0) is 9.53 Å². The number of carbonyl (C=O) groups excluding carboxylic acids is 2. The van der Waals surface area contributed by atoms with Gasteiger partial charge in [0.25, 0.3) is 0 Å². The monoisotopic (exact) mass is 355 g/mol. The Bertz CT molecular complexity index is 745. The Morgan fingerprint density at radius 3 is 2.20 bits per heavy atom. The summed E-state index contributed by atoms with van der Waals surface area (Å²) in [6, 6.07) is 16.4. The maximum absolute atomic E-state index is 12.1. The molecule has 5 heteroatoms. The lowest BCUT2D eigenvalue weighted by atomic mass is 9.98. The molecule has 0 aromatic heterocycles. The van der Waals surface area contributed by atoms with Crippen molar-refractivity contribution in [3.05, 3.63) is 59.7 Å². The Morgan fingerprint density at radius 2 is 1.64 bits per heavy atom. The fourth-order valence-electron chi connectivity index (χ4n) is 3.13. The minimum absolute atomic E-state index is 0.0428. The molecule has 25 heavy (non-hydrogen) atoms. The Labute approximate surface area is 152 Å². The lowest BCUT2D eigenvalue weighted by Crippen LogP contribution is -2.35. The maximum Gasteiger partial charge on any atom is 0.407 e. The van der Waals surface area contributed by atoms with Gasteiger partial charge in [-0.05, 0) is 29.2 Å². The third kappa shape index (κ3) is 4.04. The fourth-order valence-corrected chi connectivity index (χ4v) is 3.69. The van der Waals surface area contributed by atoms with Crippen LogP contribution in [0.1, 0.15) is 30.9 Å². The van der Waals surface area contributed by atoms with E-state index in [-0.39, 0.29) is 17.1 Å². The fraction of sp³-hybridized carbons (Fsp3) is 0.300. The molecule has 1 N–H and O–H groups in total. The first-order valence-corrected chi connectivity index (χ1v) is 9.29. The Kier molecular flexibility index (Phi) is 5.43. The van der Waals surface area contributed by atoms with Gasteiger partial charge >= 0.3 is 6.09 Å². The zero-order valence-corrected chi connectivity index (χ0v) is 15.1. The first-order valence-electron chi connectivity index (χ1n) is 8.31. The van der Waals surface area contributed by atoms with Gasteiger partial charge in [0, 0.05) is 24.6 Å². The van der Waals surface area contributed by atoms with Crippen LogP contribution in [-0.4, -0.2) is 29.6 Å². The smallest absolute Gasteiger partial charge is 0.407 e. The third-order valence-corrected chi connectivity index (χ3v) is 5.32. The van der Waals surface area contributed by atoms with E-state index < -0.39 is 6.09 Å². The number of thioether (sulfide) groups is 1. The zero-order valence-electron chi connectivity index (χ0n) is 14.3. The Balaban J connectivity index is 1.63. The van der Waals surface area contributed by atoms with E-state index in [9.17, 15) is 9.59 Å². The summed E-state index contributed by atoms with van der Waals surface area (Å²) in [5.74, 6) is 0.597. The van der Waals surface area contributed by atoms with Gasteiger partial charge in [0.05, 0.1) is 0 Å². The number of alkyl carbamates (subject to hydrolysis) is 1. The molecule has 1 atom stereocenters. The first kappa shape index (κ1) is 17.5. The minimum atomic E-state index is -0.446. The summed E-state index contributed by atoms with van der Waals surface area (Å²) in [6.07, 6.45) is -0.446. The summed E-state index contributed by atoms with van der Waals surface area (Å²) >= 11 is 1.20. The maximum atomic E-state index is 12.1. The second-order valence-corrected chi connectivity index (χ2v) is 7.37. The first-order chi connectivity index (χ1) is 12.1. The number of amides is 1. The normalized spacial score (nSPS) is 13.7. The summed E-state index contributed by atoms with van der Waals surface area (Å²) in [5, 5.41) is 2.82. The standard InChI is InChI=1S/C20H21NO3S/c1-13(12-25-14(2)22)21-20(23)24-11-19-17-9-5-3-7-15(17)16-8-4-6-10-18(16)19/h3-10,13,19H,11-12H2,1-2H3,(H,21,23)/t13-/m0/s1. The third-order valence-electron chi connectivity index (χ3n) is 4.24. The molecule has 1 amide bonds. The van der Waals surface area contributed by atoms with E-state index in [1.165, 1.54) is 40.9 Å². The molecule has 0 bridgehead atoms. The topological polar surface area (TPSA) is 55.4 Å². The lowest BCUT2D eigenvalue weighted by molar-refractivity contribution is -0.109. The number of nitrogens with one attached hydrogen (secondary N) is 1. The summed E-state index contributed by atoms with van der Waals surface area (Å²) < 4.78 is 5.47. The second-order valence-electron chi connectivity index (χ2n) is 6.17. The van der Waals surface area contributed by atoms with Crippen LogP contribution < -0.4 is 5.32 Å². The molecule has 0 heterocycles. The number of rotatable bonds is 5. The predicted molar refractivity (Wildman–Crippen MR) is 101 cm³/mol. The molecule has 0 aliphatic heterocycles. The molecular formula is C20H21NO3S. The van der Waals surface area contributed by atoms with Crippen LogP contribution in [0.4, 0.5) is 4.79 Å². The number of ether oxygens (including phenoxy) is 1. The molecule has 0 unspecified atom stereocenters. The van der Waals surface area contributed by atoms with E-state index >= 15 is 0 Å². The van der Waals surface area contributed by atoms with Gasteiger partial charge in [0.1, 0.15) is 6.61 Å². The van der Waals surface area contributed by atoms with Crippen LogP contribution in [0.5, 0.6) is 0 Å². The van der Waals surface area contributed by atoms with Crippen molar-refractivity contribution in [1.82, 2.24) is 5.32 Å². The predicted octanol–water partition coefficient (Wildman–Crippen LogP) is 4.19. The quantitative estimate of drug-likeness (QED) is 0.874. The largest absolute Gasteiger partial charge is 0.449 e. The highest BCUT2D eigenvalue weighted by atomic mass is 32.2. The molecule has 3 rings (SSSR count). The van der Waals surface area contributed by atoms with Gasteiger partial charge < -0.3 is 10.1 Å². The van der Waals surface area contributed by atoms with Crippen LogP contribution >= 0.6 is 11.8 Å². The van der Waals surface area contributed by atoms with Gasteiger partial charge in [-0.15, -0.1) is 0 Å². The highest BCUT2D eigenvalue weighted by Gasteiger charge is 2.29. The molecular weight excluding hydrogens is 334 g/mol. The molecule has 0 saturated heterocycles. The van der Waals surface area contributed by atoms with Crippen LogP contribution in [0.25, 0.3) is 11.1 Å². The van der Waals surface area contributed by atoms with E-state index in [1.54, 1.807) is 0 Å². The average molecular weight is 355 g/mol. The van der Waals surface area contributed by atoms with Crippen molar-refractivity contribution in [3.63, 3.8) is 0 Å². The number of hydrogen-bond acceptors (Lipinski definition) is 4. The molecule has 0 saturated carbocycles. The molecule has 0 spiro atoms. The highest BCUT2D eigenvalue weighted by Crippen LogP contribution is 2.44. The van der Waals surface area contributed by atoms with Crippen LogP contribution in [0, 0.1) is 0 Å². The SMILES string of the molecule is CC(=O)SC[C@H](C)NC(=O)OCC1c2ccccc2-c2ccccc21. The van der Waals surface area contributed by atoms with Crippen molar-refractivity contribution in [1.29, 1.82) is 0 Å². The molecule has 130 valence electrons. The molecule has 0 fully saturated rings. The van der Waals surface area contributed by atoms with Crippen molar-refractivity contribution < 1.29 is 14.3 Å². The molecule has 1 aliphatic rings. The van der Waals surface area contributed by atoms with E-state index in [1.807, 2.05) is 31.2 Å². The van der Waals surface area contributed by atoms with Crippen molar-refractivity contribution in [3.8, 4) is 11.1 Å². The van der Waals surface area contributed by atoms with E-state index in [0.29, 0.717) is 12.4 Å². The summed E-state index contributed by atoms with van der Waals surface area (Å²) in [4.78, 5) is 23.0. The number of fused-ring (bicyclic) bond motifs is 3. The van der Waals surface area contributed by atoms with Crippen molar-refractivity contribution >= 4 is 23.0 Å². The van der Waals surface area contributed by atoms with Crippen LogP contribution in [0.2, 0.25) is 0 Å². The van der Waals surface area contributed by atoms with Crippen LogP contribution in [0.15, 0.2) is 48.5 Å². The van der Waals surface area contributed by atoms with Crippen molar-refractivity contribution in [2.45, 2.75) is 25.8 Å². The molecule has 1 aliphatic carbocycles. The van der Waals surface area contributed by atoms with Crippen LogP contribution in [0.3, 0.4) is 0 Å². The minimum Gasteiger partial charge on any atom is -0.449 e. The van der Waals surface area contributed by atoms with Gasteiger partial charge in [0.15, 0.2) is 5.12 Å². The van der Waals surface area contributed by atoms with E-state index in [4.69, 9.17) is 4.74 Å². The van der Waals surface area contributed by atoms with Crippen molar-refractivity contribution in [2.75, 3.05) is 12.4 Å². The number of hydrogen-bond donors (Lipinski definition) is 1. The van der Waals surface area contributed by atoms with Gasteiger partial charge in [-0.25, -0.2) is 4.79 Å². The molecule has 2 aromatic rings. The number of benzene rings is 2. The molecule has 4 nitrogen and oxygen atoms in total. The second kappa shape index (κ2) is 7.74. The molecule has 2 aromatic carbocycles. The van der Waals surface area contributed by atoms with E-state index in [0.717, 1.165) is 0 Å². The summed E-state index contributed by atoms with van der Waals surface area (Å²) in [5.41, 5.74) is 4.80. The highest BCUT2D eigenvalue weighted by molar-refractivity contribution is 8.13. The van der Waals surface area contributed by atoms with E-state index in [2.05, 4.69) is 29.6 Å². The van der Waals surface area contributed by atoms with Gasteiger partial charge in [-0.2, -0.15) is 0 Å². The van der Waals surface area contributed by atoms with Gasteiger partial charge in [-0.3, -0.25) is 4.79 Å². The lowest BCUT2D eigenvalue weighted by Gasteiger charge is -2.16. The summed E-state index contributed by atoms with van der Waals surface area (Å²) in [6.45, 7) is 3.68. The number of carbonyl (C=O) groups is 2. The summed E-state index contributed by atoms with van der Waals surface area (Å²) in [7, 11) is 0. The Morgan fingerprint density at radius 1 is 1.08 bits per heavy atom. The van der Waals surface area contributed by atoms with Gasteiger partial charge in [-0.1, -0.05) is 60.3 Å². The Hall–Kier alpha value is -2.27. The zero-order chi connectivity index (χ0) is 17.8. The van der Waals surface area contributed by atoms with Gasteiger partial charge in [0.2, 0.25) is 0 Å². The molecule has 0 radical (unpaired) electrons. The average Bonchev–Trinajstić information content (AvgIpc) is 2.92.